The van der Waals surface area contributed by atoms with Gasteiger partial charge in [-0.2, -0.15) is 5.10 Å². The van der Waals surface area contributed by atoms with E-state index >= 15 is 0 Å². The molecule has 62 valence electrons. The molecular weight excluding hydrogens is 150 g/mol. The molecule has 2 aromatic rings. The molecule has 3 nitrogen and oxygen atoms in total. The molecule has 0 bridgehead atoms. The lowest BCUT2D eigenvalue weighted by Gasteiger charge is -1.98. The van der Waals surface area contributed by atoms with E-state index in [1.165, 1.54) is 0 Å². The summed E-state index contributed by atoms with van der Waals surface area (Å²) >= 11 is 0. The van der Waals surface area contributed by atoms with Crippen LogP contribution in [0.5, 0.6) is 0 Å². The summed E-state index contributed by atoms with van der Waals surface area (Å²) in [4.78, 5) is 0. The third-order valence-electron chi connectivity index (χ3n) is 2.02. The zero-order chi connectivity index (χ0) is 8.55. The number of rotatable bonds is 1. The van der Waals surface area contributed by atoms with E-state index < -0.39 is 0 Å². The molecule has 1 aromatic heterocycles. The molecule has 0 atom stereocenters. The number of hydrogen-bond donors (Lipinski definition) is 1. The molecule has 1 heterocycles. The minimum absolute atomic E-state index is 0.798. The first kappa shape index (κ1) is 7.16. The van der Waals surface area contributed by atoms with Gasteiger partial charge in [-0.3, -0.25) is 4.68 Å². The summed E-state index contributed by atoms with van der Waals surface area (Å²) in [5.41, 5.74) is 7.68. The number of aryl methyl sites for hydroxylation is 1. The van der Waals surface area contributed by atoms with Crippen LogP contribution < -0.4 is 5.73 Å². The maximum absolute atomic E-state index is 5.77. The fourth-order valence-corrected chi connectivity index (χ4v) is 1.38. The van der Waals surface area contributed by atoms with Crippen molar-refractivity contribution in [1.29, 1.82) is 0 Å². The third-order valence-corrected chi connectivity index (χ3v) is 2.02. The van der Waals surface area contributed by atoms with E-state index in [1.54, 1.807) is 0 Å². The van der Waals surface area contributed by atoms with Gasteiger partial charge in [0.15, 0.2) is 0 Å². The molecule has 0 unspecified atom stereocenters. The van der Waals surface area contributed by atoms with Crippen LogP contribution in [0.3, 0.4) is 0 Å². The topological polar surface area (TPSA) is 43.8 Å². The van der Waals surface area contributed by atoms with E-state index in [1.807, 2.05) is 29.1 Å². The number of nitrogens with two attached hydrogens (primary N) is 1. The van der Waals surface area contributed by atoms with Crippen molar-refractivity contribution in [2.75, 3.05) is 5.73 Å². The molecular formula is C9H11N3. The number of fused-ring (bicyclic) bond motifs is 1. The van der Waals surface area contributed by atoms with Crippen molar-refractivity contribution in [1.82, 2.24) is 9.78 Å². The van der Waals surface area contributed by atoms with Crippen LogP contribution in [-0.4, -0.2) is 9.78 Å². The van der Waals surface area contributed by atoms with E-state index in [2.05, 4.69) is 12.0 Å². The van der Waals surface area contributed by atoms with E-state index in [-0.39, 0.29) is 0 Å². The van der Waals surface area contributed by atoms with Crippen LogP contribution >= 0.6 is 0 Å². The minimum atomic E-state index is 0.798. The van der Waals surface area contributed by atoms with Crippen LogP contribution in [0.1, 0.15) is 6.92 Å². The summed E-state index contributed by atoms with van der Waals surface area (Å²) in [5, 5.41) is 5.25. The van der Waals surface area contributed by atoms with Crippen molar-refractivity contribution in [3.05, 3.63) is 24.4 Å². The molecule has 0 radical (unpaired) electrons. The van der Waals surface area contributed by atoms with Crippen LogP contribution in [0.15, 0.2) is 24.4 Å². The Balaban J connectivity index is 2.80. The first-order valence-corrected chi connectivity index (χ1v) is 4.03. The first-order valence-electron chi connectivity index (χ1n) is 4.03. The minimum Gasteiger partial charge on any atom is -0.398 e. The van der Waals surface area contributed by atoms with Gasteiger partial charge in [0.2, 0.25) is 0 Å². The third kappa shape index (κ3) is 0.863. The second-order valence-corrected chi connectivity index (χ2v) is 2.74. The number of anilines is 1. The molecule has 12 heavy (non-hydrogen) atoms. The van der Waals surface area contributed by atoms with Gasteiger partial charge in [-0.15, -0.1) is 0 Å². The van der Waals surface area contributed by atoms with E-state index in [9.17, 15) is 0 Å². The normalized spacial score (nSPS) is 10.8. The lowest BCUT2D eigenvalue weighted by molar-refractivity contribution is 0.684. The highest BCUT2D eigenvalue weighted by molar-refractivity contribution is 5.89. The molecule has 1 aromatic carbocycles. The van der Waals surface area contributed by atoms with Gasteiger partial charge in [0.1, 0.15) is 0 Å². The lowest BCUT2D eigenvalue weighted by Crippen LogP contribution is -1.95. The zero-order valence-electron chi connectivity index (χ0n) is 6.99. The van der Waals surface area contributed by atoms with Crippen molar-refractivity contribution >= 4 is 16.6 Å². The first-order chi connectivity index (χ1) is 5.83. The fraction of sp³-hybridized carbons (Fsp3) is 0.222. The average Bonchev–Trinajstić information content (AvgIpc) is 2.49. The Bertz CT molecular complexity index is 403. The summed E-state index contributed by atoms with van der Waals surface area (Å²) in [5.74, 6) is 0. The second kappa shape index (κ2) is 2.52. The molecule has 0 saturated carbocycles. The number of benzene rings is 1. The highest BCUT2D eigenvalue weighted by atomic mass is 15.3. The summed E-state index contributed by atoms with van der Waals surface area (Å²) in [6.45, 7) is 2.95. The molecule has 2 rings (SSSR count). The van der Waals surface area contributed by atoms with Crippen molar-refractivity contribution in [3.63, 3.8) is 0 Å². The van der Waals surface area contributed by atoms with Gasteiger partial charge < -0.3 is 5.73 Å². The lowest BCUT2D eigenvalue weighted by atomic mass is 10.2. The Hall–Kier alpha value is -1.51. The average molecular weight is 161 g/mol. The summed E-state index contributed by atoms with van der Waals surface area (Å²) in [6, 6.07) is 5.87. The highest BCUT2D eigenvalue weighted by Crippen LogP contribution is 2.19. The predicted molar refractivity (Wildman–Crippen MR) is 49.8 cm³/mol. The Morgan fingerprint density at radius 1 is 1.50 bits per heavy atom. The summed E-state index contributed by atoms with van der Waals surface area (Å²) in [6.07, 6.45) is 1.81. The SMILES string of the molecule is CCn1ncc2c(N)cccc21. The van der Waals surface area contributed by atoms with Crippen molar-refractivity contribution in [2.45, 2.75) is 13.5 Å². The standard InChI is InChI=1S/C9H11N3/c1-2-12-9-5-3-4-8(10)7(9)6-11-12/h3-6H,2,10H2,1H3. The quantitative estimate of drug-likeness (QED) is 0.646. The molecule has 0 aliphatic heterocycles. The van der Waals surface area contributed by atoms with Crippen LogP contribution in [0, 0.1) is 0 Å². The smallest absolute Gasteiger partial charge is 0.0703 e. The Labute approximate surface area is 70.8 Å². The summed E-state index contributed by atoms with van der Waals surface area (Å²) in [7, 11) is 0. The number of nitrogen functional groups attached to an aromatic ring is 1. The van der Waals surface area contributed by atoms with Gasteiger partial charge in [-0.05, 0) is 19.1 Å². The van der Waals surface area contributed by atoms with Gasteiger partial charge in [-0.25, -0.2) is 0 Å². The van der Waals surface area contributed by atoms with Crippen LogP contribution in [0.2, 0.25) is 0 Å². The highest BCUT2D eigenvalue weighted by Gasteiger charge is 2.01. The number of nitrogens with zero attached hydrogens (tertiary/aromatic N) is 2. The van der Waals surface area contributed by atoms with Crippen LogP contribution in [0.25, 0.3) is 10.9 Å². The number of hydrogen-bond acceptors (Lipinski definition) is 2. The molecule has 0 aliphatic carbocycles. The Morgan fingerprint density at radius 2 is 2.33 bits per heavy atom. The summed E-state index contributed by atoms with van der Waals surface area (Å²) < 4.78 is 1.94. The number of aromatic nitrogens is 2. The monoisotopic (exact) mass is 161 g/mol. The van der Waals surface area contributed by atoms with Crippen LogP contribution in [-0.2, 0) is 6.54 Å². The fourth-order valence-electron chi connectivity index (χ4n) is 1.38. The van der Waals surface area contributed by atoms with Gasteiger partial charge in [0, 0.05) is 17.6 Å². The molecule has 0 fully saturated rings. The maximum atomic E-state index is 5.77. The van der Waals surface area contributed by atoms with Crippen molar-refractivity contribution in [2.24, 2.45) is 0 Å². The Morgan fingerprint density at radius 3 is 3.08 bits per heavy atom. The predicted octanol–water partition coefficient (Wildman–Crippen LogP) is 1.64. The molecule has 0 aliphatic rings. The molecule has 2 N–H and O–H groups in total. The maximum Gasteiger partial charge on any atom is 0.0703 e. The molecule has 0 saturated heterocycles. The zero-order valence-corrected chi connectivity index (χ0v) is 6.99. The van der Waals surface area contributed by atoms with E-state index in [4.69, 9.17) is 5.73 Å². The van der Waals surface area contributed by atoms with Crippen LogP contribution in [0.4, 0.5) is 5.69 Å². The van der Waals surface area contributed by atoms with Crippen molar-refractivity contribution < 1.29 is 0 Å². The van der Waals surface area contributed by atoms with Gasteiger partial charge in [0.05, 0.1) is 11.7 Å². The van der Waals surface area contributed by atoms with Gasteiger partial charge in [0.25, 0.3) is 0 Å². The molecule has 0 spiro atoms. The van der Waals surface area contributed by atoms with E-state index in [0.717, 1.165) is 23.1 Å². The molecule has 0 amide bonds. The van der Waals surface area contributed by atoms with Gasteiger partial charge >= 0.3 is 0 Å². The van der Waals surface area contributed by atoms with Crippen molar-refractivity contribution in [3.8, 4) is 0 Å². The molecule has 3 heteroatoms. The Kier molecular flexibility index (Phi) is 1.50. The van der Waals surface area contributed by atoms with E-state index in [0.29, 0.717) is 0 Å². The largest absolute Gasteiger partial charge is 0.398 e. The van der Waals surface area contributed by atoms with Gasteiger partial charge in [-0.1, -0.05) is 6.07 Å². The second-order valence-electron chi connectivity index (χ2n) is 2.74.